The number of rotatable bonds is 5. The van der Waals surface area contributed by atoms with Crippen LogP contribution in [-0.2, 0) is 0 Å². The lowest BCUT2D eigenvalue weighted by Crippen LogP contribution is -2.27. The quantitative estimate of drug-likeness (QED) is 0.365. The van der Waals surface area contributed by atoms with Crippen molar-refractivity contribution in [2.24, 2.45) is 5.84 Å². The summed E-state index contributed by atoms with van der Waals surface area (Å²) in [7, 11) is 0. The number of terminal acetylenes is 1. The fraction of sp³-hybridized carbons (Fsp3) is 0.267. The Bertz CT molecular complexity index is 557. The van der Waals surface area contributed by atoms with Crippen molar-refractivity contribution in [3.05, 3.63) is 42.1 Å². The predicted octanol–water partition coefficient (Wildman–Crippen LogP) is 2.54. The first kappa shape index (κ1) is 12.6. The first-order valence-corrected chi connectivity index (χ1v) is 6.09. The minimum atomic E-state index is 0.142. The van der Waals surface area contributed by atoms with Gasteiger partial charge >= 0.3 is 0 Å². The molecule has 0 spiro atoms. The molecule has 0 aliphatic rings. The molecule has 0 amide bonds. The molecule has 3 heteroatoms. The number of pyridine rings is 1. The van der Waals surface area contributed by atoms with E-state index >= 15 is 0 Å². The lowest BCUT2D eigenvalue weighted by atomic mass is 10.00. The van der Waals surface area contributed by atoms with Crippen molar-refractivity contribution < 1.29 is 0 Å². The molecule has 1 aromatic carbocycles. The molecule has 0 bridgehead atoms. The summed E-state index contributed by atoms with van der Waals surface area (Å²) in [6.45, 7) is 0. The molecule has 0 aliphatic heterocycles. The molecule has 1 unspecified atom stereocenters. The first-order valence-electron chi connectivity index (χ1n) is 6.09. The fourth-order valence-corrected chi connectivity index (χ4v) is 2.07. The van der Waals surface area contributed by atoms with E-state index in [-0.39, 0.29) is 6.04 Å². The van der Waals surface area contributed by atoms with E-state index in [1.54, 1.807) is 6.20 Å². The van der Waals surface area contributed by atoms with Crippen LogP contribution in [0.3, 0.4) is 0 Å². The van der Waals surface area contributed by atoms with Crippen LogP contribution in [0.1, 0.15) is 30.9 Å². The Morgan fingerprint density at radius 2 is 2.28 bits per heavy atom. The van der Waals surface area contributed by atoms with E-state index in [0.29, 0.717) is 0 Å². The predicted molar refractivity (Wildman–Crippen MR) is 74.5 cm³/mol. The average Bonchev–Trinajstić information content (AvgIpc) is 2.43. The van der Waals surface area contributed by atoms with E-state index < -0.39 is 0 Å². The SMILES string of the molecule is C#CCCCC(NN)c1ccc2ncccc2c1. The number of fused-ring (bicyclic) bond motifs is 1. The van der Waals surface area contributed by atoms with Gasteiger partial charge in [0.05, 0.1) is 5.52 Å². The molecule has 3 N–H and O–H groups in total. The third-order valence-electron chi connectivity index (χ3n) is 3.04. The molecule has 1 atom stereocenters. The van der Waals surface area contributed by atoms with E-state index in [1.807, 2.05) is 12.1 Å². The van der Waals surface area contributed by atoms with Crippen LogP contribution in [0.2, 0.25) is 0 Å². The van der Waals surface area contributed by atoms with Crippen molar-refractivity contribution in [2.45, 2.75) is 25.3 Å². The van der Waals surface area contributed by atoms with Gasteiger partial charge in [-0.2, -0.15) is 0 Å². The Labute approximate surface area is 107 Å². The van der Waals surface area contributed by atoms with Crippen LogP contribution in [-0.4, -0.2) is 4.98 Å². The van der Waals surface area contributed by atoms with Crippen molar-refractivity contribution in [2.75, 3.05) is 0 Å². The summed E-state index contributed by atoms with van der Waals surface area (Å²) in [5.41, 5.74) is 5.03. The van der Waals surface area contributed by atoms with Gasteiger partial charge in [0, 0.05) is 24.0 Å². The number of hydrazine groups is 1. The Morgan fingerprint density at radius 3 is 3.06 bits per heavy atom. The fourth-order valence-electron chi connectivity index (χ4n) is 2.07. The minimum absolute atomic E-state index is 0.142. The van der Waals surface area contributed by atoms with E-state index in [1.165, 1.54) is 5.56 Å². The zero-order valence-electron chi connectivity index (χ0n) is 10.3. The third-order valence-corrected chi connectivity index (χ3v) is 3.04. The number of unbranched alkanes of at least 4 members (excludes halogenated alkanes) is 1. The Balaban J connectivity index is 2.20. The van der Waals surface area contributed by atoms with Crippen LogP contribution in [0.5, 0.6) is 0 Å². The summed E-state index contributed by atoms with van der Waals surface area (Å²) < 4.78 is 0. The molecule has 1 heterocycles. The second kappa shape index (κ2) is 6.15. The van der Waals surface area contributed by atoms with Gasteiger partial charge < -0.3 is 0 Å². The Kier molecular flexibility index (Phi) is 4.30. The highest BCUT2D eigenvalue weighted by atomic mass is 15.2. The molecule has 2 aromatic rings. The zero-order chi connectivity index (χ0) is 12.8. The van der Waals surface area contributed by atoms with Crippen molar-refractivity contribution >= 4 is 10.9 Å². The van der Waals surface area contributed by atoms with Crippen LogP contribution in [0.25, 0.3) is 10.9 Å². The molecule has 3 nitrogen and oxygen atoms in total. The van der Waals surface area contributed by atoms with Crippen molar-refractivity contribution in [1.82, 2.24) is 10.4 Å². The van der Waals surface area contributed by atoms with Gasteiger partial charge in [0.25, 0.3) is 0 Å². The van der Waals surface area contributed by atoms with Gasteiger partial charge in [0.1, 0.15) is 0 Å². The lowest BCUT2D eigenvalue weighted by molar-refractivity contribution is 0.503. The van der Waals surface area contributed by atoms with Crippen molar-refractivity contribution in [3.8, 4) is 12.3 Å². The van der Waals surface area contributed by atoms with Crippen LogP contribution in [0.15, 0.2) is 36.5 Å². The topological polar surface area (TPSA) is 50.9 Å². The lowest BCUT2D eigenvalue weighted by Gasteiger charge is -2.16. The van der Waals surface area contributed by atoms with Crippen LogP contribution in [0, 0.1) is 12.3 Å². The Hall–Kier alpha value is -1.89. The maximum absolute atomic E-state index is 5.61. The maximum atomic E-state index is 5.61. The monoisotopic (exact) mass is 239 g/mol. The van der Waals surface area contributed by atoms with Crippen LogP contribution >= 0.6 is 0 Å². The first-order chi connectivity index (χ1) is 8.85. The molecular formula is C15H17N3. The van der Waals surface area contributed by atoms with Crippen molar-refractivity contribution in [3.63, 3.8) is 0 Å². The van der Waals surface area contributed by atoms with Gasteiger partial charge in [-0.1, -0.05) is 12.1 Å². The smallest absolute Gasteiger partial charge is 0.0702 e. The molecule has 1 aromatic heterocycles. The zero-order valence-corrected chi connectivity index (χ0v) is 10.3. The van der Waals surface area contributed by atoms with Gasteiger partial charge in [-0.05, 0) is 36.6 Å². The summed E-state index contributed by atoms with van der Waals surface area (Å²) >= 11 is 0. The number of benzene rings is 1. The molecule has 92 valence electrons. The number of hydrogen-bond donors (Lipinski definition) is 2. The van der Waals surface area contributed by atoms with E-state index in [9.17, 15) is 0 Å². The van der Waals surface area contributed by atoms with E-state index in [0.717, 1.165) is 30.2 Å². The van der Waals surface area contributed by atoms with E-state index in [2.05, 4.69) is 34.5 Å². The third kappa shape index (κ3) is 2.86. The highest BCUT2D eigenvalue weighted by molar-refractivity contribution is 5.79. The number of nitrogens with two attached hydrogens (primary N) is 1. The summed E-state index contributed by atoms with van der Waals surface area (Å²) in [5, 5.41) is 1.13. The number of nitrogens with one attached hydrogen (secondary N) is 1. The molecular weight excluding hydrogens is 222 g/mol. The van der Waals surface area contributed by atoms with Crippen LogP contribution in [0.4, 0.5) is 0 Å². The average molecular weight is 239 g/mol. The number of aromatic nitrogens is 1. The highest BCUT2D eigenvalue weighted by Crippen LogP contribution is 2.22. The molecule has 0 aliphatic carbocycles. The Morgan fingerprint density at radius 1 is 1.39 bits per heavy atom. The molecule has 18 heavy (non-hydrogen) atoms. The molecule has 0 saturated carbocycles. The van der Waals surface area contributed by atoms with Gasteiger partial charge in [-0.15, -0.1) is 12.3 Å². The largest absolute Gasteiger partial charge is 0.271 e. The van der Waals surface area contributed by atoms with Crippen molar-refractivity contribution in [1.29, 1.82) is 0 Å². The molecule has 0 radical (unpaired) electrons. The second-order valence-electron chi connectivity index (χ2n) is 4.27. The second-order valence-corrected chi connectivity index (χ2v) is 4.27. The van der Waals surface area contributed by atoms with Gasteiger partial charge in [-0.25, -0.2) is 0 Å². The summed E-state index contributed by atoms with van der Waals surface area (Å²) in [5.74, 6) is 8.26. The normalized spacial score (nSPS) is 12.2. The summed E-state index contributed by atoms with van der Waals surface area (Å²) in [4.78, 5) is 4.30. The maximum Gasteiger partial charge on any atom is 0.0702 e. The summed E-state index contributed by atoms with van der Waals surface area (Å²) in [6.07, 6.45) is 9.75. The number of hydrogen-bond acceptors (Lipinski definition) is 3. The van der Waals surface area contributed by atoms with Gasteiger partial charge in [0.2, 0.25) is 0 Å². The van der Waals surface area contributed by atoms with Gasteiger partial charge in [0.15, 0.2) is 0 Å². The molecule has 0 saturated heterocycles. The molecule has 2 rings (SSSR count). The van der Waals surface area contributed by atoms with Gasteiger partial charge in [-0.3, -0.25) is 16.3 Å². The minimum Gasteiger partial charge on any atom is -0.271 e. The highest BCUT2D eigenvalue weighted by Gasteiger charge is 2.09. The van der Waals surface area contributed by atoms with E-state index in [4.69, 9.17) is 12.3 Å². The molecule has 0 fully saturated rings. The standard InChI is InChI=1S/C15H17N3/c1-2-3-4-7-15(18-16)13-8-9-14-12(11-13)6-5-10-17-14/h1,5-6,8-11,15,18H,3-4,7,16H2. The summed E-state index contributed by atoms with van der Waals surface area (Å²) in [6, 6.07) is 10.4. The van der Waals surface area contributed by atoms with Crippen LogP contribution < -0.4 is 11.3 Å². The number of nitrogens with zero attached hydrogens (tertiary/aromatic N) is 1.